The Morgan fingerprint density at radius 3 is 2.44 bits per heavy atom. The van der Waals surface area contributed by atoms with Crippen LogP contribution >= 0.6 is 0 Å². The molecule has 0 aromatic heterocycles. The SMILES string of the molecule is COc1ccc2c(c1C)CCc1ccccc1C2. The molecule has 18 heavy (non-hydrogen) atoms. The van der Waals surface area contributed by atoms with Gasteiger partial charge in [-0.05, 0) is 60.1 Å². The van der Waals surface area contributed by atoms with Crippen LogP contribution in [-0.4, -0.2) is 7.11 Å². The Morgan fingerprint density at radius 1 is 0.889 bits per heavy atom. The van der Waals surface area contributed by atoms with Crippen molar-refractivity contribution in [2.45, 2.75) is 26.2 Å². The standard InChI is InChI=1S/C17H18O/c1-12-16-9-7-13-5-3-4-6-14(13)11-15(16)8-10-17(12)18-2/h3-6,8,10H,7,9,11H2,1-2H3. The second kappa shape index (κ2) is 4.49. The third-order valence-electron chi connectivity index (χ3n) is 4.01. The molecule has 0 radical (unpaired) electrons. The number of aryl methyl sites for hydroxylation is 1. The minimum atomic E-state index is 1.01. The van der Waals surface area contributed by atoms with E-state index in [9.17, 15) is 0 Å². The van der Waals surface area contributed by atoms with Crippen LogP contribution in [0.5, 0.6) is 5.75 Å². The maximum Gasteiger partial charge on any atom is 0.122 e. The highest BCUT2D eigenvalue weighted by Crippen LogP contribution is 2.30. The van der Waals surface area contributed by atoms with Gasteiger partial charge < -0.3 is 4.74 Å². The Kier molecular flexibility index (Phi) is 2.83. The van der Waals surface area contributed by atoms with Crippen molar-refractivity contribution in [3.63, 3.8) is 0 Å². The van der Waals surface area contributed by atoms with Crippen LogP contribution in [0.1, 0.15) is 27.8 Å². The molecule has 0 fully saturated rings. The van der Waals surface area contributed by atoms with Crippen LogP contribution in [-0.2, 0) is 19.3 Å². The highest BCUT2D eigenvalue weighted by molar-refractivity contribution is 5.48. The van der Waals surface area contributed by atoms with E-state index in [-0.39, 0.29) is 0 Å². The molecule has 92 valence electrons. The molecule has 0 unspecified atom stereocenters. The minimum absolute atomic E-state index is 1.01. The van der Waals surface area contributed by atoms with Gasteiger partial charge in [0.2, 0.25) is 0 Å². The molecule has 0 heterocycles. The predicted octanol–water partition coefficient (Wildman–Crippen LogP) is 3.69. The summed E-state index contributed by atoms with van der Waals surface area (Å²) in [6.45, 7) is 2.17. The lowest BCUT2D eigenvalue weighted by Crippen LogP contribution is -1.99. The summed E-state index contributed by atoms with van der Waals surface area (Å²) in [6, 6.07) is 13.1. The van der Waals surface area contributed by atoms with Gasteiger partial charge in [0.1, 0.15) is 5.75 Å². The Hall–Kier alpha value is -1.76. The van der Waals surface area contributed by atoms with Gasteiger partial charge in [-0.1, -0.05) is 30.3 Å². The Balaban J connectivity index is 2.09. The zero-order valence-corrected chi connectivity index (χ0v) is 11.0. The average molecular weight is 238 g/mol. The van der Waals surface area contributed by atoms with E-state index in [1.165, 1.54) is 27.8 Å². The smallest absolute Gasteiger partial charge is 0.122 e. The molecule has 2 aromatic carbocycles. The summed E-state index contributed by atoms with van der Waals surface area (Å²) in [6.07, 6.45) is 3.31. The van der Waals surface area contributed by atoms with Crippen molar-refractivity contribution < 1.29 is 4.74 Å². The Labute approximate surface area is 108 Å². The summed E-state index contributed by atoms with van der Waals surface area (Å²) >= 11 is 0. The summed E-state index contributed by atoms with van der Waals surface area (Å²) in [5, 5.41) is 0. The maximum absolute atomic E-state index is 5.43. The summed E-state index contributed by atoms with van der Waals surface area (Å²) < 4.78 is 5.43. The minimum Gasteiger partial charge on any atom is -0.496 e. The van der Waals surface area contributed by atoms with E-state index < -0.39 is 0 Å². The third-order valence-corrected chi connectivity index (χ3v) is 4.01. The van der Waals surface area contributed by atoms with Gasteiger partial charge in [-0.15, -0.1) is 0 Å². The van der Waals surface area contributed by atoms with Gasteiger partial charge >= 0.3 is 0 Å². The predicted molar refractivity (Wildman–Crippen MR) is 74.4 cm³/mol. The van der Waals surface area contributed by atoms with Crippen molar-refractivity contribution in [2.75, 3.05) is 7.11 Å². The summed E-state index contributed by atoms with van der Waals surface area (Å²) in [5.74, 6) is 1.01. The van der Waals surface area contributed by atoms with Crippen LogP contribution in [0, 0.1) is 6.92 Å². The van der Waals surface area contributed by atoms with Gasteiger partial charge in [0.15, 0.2) is 0 Å². The topological polar surface area (TPSA) is 9.23 Å². The molecule has 2 aromatic rings. The second-order valence-corrected chi connectivity index (χ2v) is 4.98. The van der Waals surface area contributed by atoms with Gasteiger partial charge in [-0.3, -0.25) is 0 Å². The molecule has 0 spiro atoms. The number of rotatable bonds is 1. The fraction of sp³-hybridized carbons (Fsp3) is 0.294. The fourth-order valence-electron chi connectivity index (χ4n) is 2.96. The van der Waals surface area contributed by atoms with Crippen LogP contribution < -0.4 is 4.74 Å². The first-order valence-electron chi connectivity index (χ1n) is 6.51. The van der Waals surface area contributed by atoms with Crippen LogP contribution in [0.15, 0.2) is 36.4 Å². The average Bonchev–Trinajstić information content (AvgIpc) is 2.58. The van der Waals surface area contributed by atoms with Crippen LogP contribution in [0.3, 0.4) is 0 Å². The molecular formula is C17H18O. The molecule has 1 heteroatoms. The third kappa shape index (κ3) is 1.80. The first kappa shape index (κ1) is 11.3. The molecule has 0 saturated heterocycles. The number of methoxy groups -OCH3 is 1. The van der Waals surface area contributed by atoms with Crippen molar-refractivity contribution >= 4 is 0 Å². The molecular weight excluding hydrogens is 220 g/mol. The summed E-state index contributed by atoms with van der Waals surface area (Å²) in [4.78, 5) is 0. The summed E-state index contributed by atoms with van der Waals surface area (Å²) in [7, 11) is 1.75. The molecule has 0 bridgehead atoms. The molecule has 0 N–H and O–H groups in total. The molecule has 1 nitrogen and oxygen atoms in total. The number of hydrogen-bond donors (Lipinski definition) is 0. The normalized spacial score (nSPS) is 13.4. The lowest BCUT2D eigenvalue weighted by Gasteiger charge is -2.13. The summed E-state index contributed by atoms with van der Waals surface area (Å²) in [5.41, 5.74) is 7.21. The van der Waals surface area contributed by atoms with Gasteiger partial charge in [-0.2, -0.15) is 0 Å². The second-order valence-electron chi connectivity index (χ2n) is 4.98. The molecule has 0 atom stereocenters. The quantitative estimate of drug-likeness (QED) is 0.736. The molecule has 0 aliphatic heterocycles. The van der Waals surface area contributed by atoms with Crippen LogP contribution in [0.4, 0.5) is 0 Å². The zero-order chi connectivity index (χ0) is 12.5. The Bertz CT molecular complexity index is 584. The highest BCUT2D eigenvalue weighted by atomic mass is 16.5. The number of fused-ring (bicyclic) bond motifs is 2. The van der Waals surface area contributed by atoms with Gasteiger partial charge in [0.05, 0.1) is 7.11 Å². The number of benzene rings is 2. The van der Waals surface area contributed by atoms with E-state index in [0.29, 0.717) is 0 Å². The first-order chi connectivity index (χ1) is 8.79. The van der Waals surface area contributed by atoms with E-state index in [0.717, 1.165) is 25.0 Å². The van der Waals surface area contributed by atoms with Gasteiger partial charge in [0, 0.05) is 0 Å². The van der Waals surface area contributed by atoms with E-state index in [2.05, 4.69) is 43.3 Å². The Morgan fingerprint density at radius 2 is 1.67 bits per heavy atom. The molecule has 0 amide bonds. The van der Waals surface area contributed by atoms with E-state index in [1.54, 1.807) is 7.11 Å². The van der Waals surface area contributed by atoms with Crippen molar-refractivity contribution in [1.29, 1.82) is 0 Å². The maximum atomic E-state index is 5.43. The number of hydrogen-bond acceptors (Lipinski definition) is 1. The largest absolute Gasteiger partial charge is 0.496 e. The van der Waals surface area contributed by atoms with E-state index in [1.807, 2.05) is 0 Å². The molecule has 3 rings (SSSR count). The lowest BCUT2D eigenvalue weighted by atomic mass is 9.96. The fourth-order valence-corrected chi connectivity index (χ4v) is 2.96. The molecule has 1 aliphatic rings. The van der Waals surface area contributed by atoms with Crippen LogP contribution in [0.2, 0.25) is 0 Å². The van der Waals surface area contributed by atoms with E-state index in [4.69, 9.17) is 4.74 Å². The van der Waals surface area contributed by atoms with Crippen LogP contribution in [0.25, 0.3) is 0 Å². The van der Waals surface area contributed by atoms with Crippen molar-refractivity contribution in [3.05, 3.63) is 64.2 Å². The van der Waals surface area contributed by atoms with Crippen molar-refractivity contribution in [2.24, 2.45) is 0 Å². The van der Waals surface area contributed by atoms with E-state index >= 15 is 0 Å². The van der Waals surface area contributed by atoms with Gasteiger partial charge in [0.25, 0.3) is 0 Å². The van der Waals surface area contributed by atoms with Crippen molar-refractivity contribution in [1.82, 2.24) is 0 Å². The number of ether oxygens (including phenoxy) is 1. The monoisotopic (exact) mass is 238 g/mol. The first-order valence-corrected chi connectivity index (χ1v) is 6.51. The molecule has 0 saturated carbocycles. The van der Waals surface area contributed by atoms with Crippen molar-refractivity contribution in [3.8, 4) is 5.75 Å². The lowest BCUT2D eigenvalue weighted by molar-refractivity contribution is 0.411. The highest BCUT2D eigenvalue weighted by Gasteiger charge is 2.16. The zero-order valence-electron chi connectivity index (χ0n) is 11.0. The molecule has 1 aliphatic carbocycles. The van der Waals surface area contributed by atoms with Gasteiger partial charge in [-0.25, -0.2) is 0 Å².